The second-order valence-electron chi connectivity index (χ2n) is 5.10. The molecule has 2 heterocycles. The van der Waals surface area contributed by atoms with E-state index >= 15 is 0 Å². The van der Waals surface area contributed by atoms with E-state index in [1.165, 1.54) is 0 Å². The lowest BCUT2D eigenvalue weighted by atomic mass is 10.1. The summed E-state index contributed by atoms with van der Waals surface area (Å²) in [5.41, 5.74) is 8.30. The molecule has 2 N–H and O–H groups in total. The van der Waals surface area contributed by atoms with Crippen LogP contribution in [0.3, 0.4) is 0 Å². The summed E-state index contributed by atoms with van der Waals surface area (Å²) in [5, 5.41) is 14.0. The van der Waals surface area contributed by atoms with Gasteiger partial charge in [0.05, 0.1) is 18.9 Å². The molecular weight excluding hydrogens is 330 g/mol. The van der Waals surface area contributed by atoms with E-state index in [2.05, 4.69) is 16.5 Å². The first-order valence-corrected chi connectivity index (χ1v) is 9.65. The molecule has 3 rings (SSSR count). The molecule has 1 atom stereocenters. The summed E-state index contributed by atoms with van der Waals surface area (Å²) in [7, 11) is 1.66. The van der Waals surface area contributed by atoms with Gasteiger partial charge in [0.2, 0.25) is 5.16 Å². The van der Waals surface area contributed by atoms with Crippen LogP contribution in [0.4, 0.5) is 0 Å². The van der Waals surface area contributed by atoms with E-state index in [0.717, 1.165) is 45.9 Å². The molecule has 23 heavy (non-hydrogen) atoms. The van der Waals surface area contributed by atoms with Gasteiger partial charge in [-0.15, -0.1) is 10.2 Å². The molecule has 6 nitrogen and oxygen atoms in total. The van der Waals surface area contributed by atoms with Gasteiger partial charge in [-0.25, -0.2) is 0 Å². The molecule has 1 aromatic heterocycles. The fourth-order valence-corrected chi connectivity index (χ4v) is 3.61. The van der Waals surface area contributed by atoms with Gasteiger partial charge < -0.3 is 10.5 Å². The topological polar surface area (TPSA) is 78.3 Å². The second kappa shape index (κ2) is 7.37. The van der Waals surface area contributed by atoms with Gasteiger partial charge >= 0.3 is 0 Å². The lowest BCUT2D eigenvalue weighted by Crippen LogP contribution is -2.20. The highest BCUT2D eigenvalue weighted by atomic mass is 32.2. The lowest BCUT2D eigenvalue weighted by Gasteiger charge is -2.16. The fourth-order valence-electron chi connectivity index (χ4n) is 2.27. The molecule has 0 fully saturated rings. The summed E-state index contributed by atoms with van der Waals surface area (Å²) in [6.45, 7) is 0. The summed E-state index contributed by atoms with van der Waals surface area (Å²) in [6.07, 6.45) is 2.93. The average molecular weight is 349 g/mol. The van der Waals surface area contributed by atoms with Crippen LogP contribution in [0.5, 0.6) is 5.75 Å². The Labute approximate surface area is 143 Å². The number of rotatable bonds is 6. The molecule has 1 aromatic carbocycles. The maximum absolute atomic E-state index is 6.24. The number of nitrogens with zero attached hydrogens (tertiary/aromatic N) is 4. The first-order chi connectivity index (χ1) is 11.2. The number of hydrogen-bond donors (Lipinski definition) is 1. The second-order valence-corrected chi connectivity index (χ2v) is 7.03. The Hall–Kier alpha value is -1.51. The summed E-state index contributed by atoms with van der Waals surface area (Å²) < 4.78 is 6.99. The molecule has 1 aliphatic rings. The Morgan fingerprint density at radius 1 is 1.35 bits per heavy atom. The van der Waals surface area contributed by atoms with Gasteiger partial charge in [-0.05, 0) is 48.3 Å². The SMILES string of the molecule is COc1ccc(C2=Nn3c(nnc3C(N)CCSC)SC2)cc1. The van der Waals surface area contributed by atoms with Crippen molar-refractivity contribution >= 4 is 29.2 Å². The summed E-state index contributed by atoms with van der Waals surface area (Å²) in [4.78, 5) is 0. The van der Waals surface area contributed by atoms with E-state index in [9.17, 15) is 0 Å². The van der Waals surface area contributed by atoms with Crippen LogP contribution in [0.25, 0.3) is 0 Å². The molecule has 0 saturated heterocycles. The molecular formula is C15H19N5OS2. The normalized spacial score (nSPS) is 15.0. The number of ether oxygens (including phenoxy) is 1. The monoisotopic (exact) mass is 349 g/mol. The predicted octanol–water partition coefficient (Wildman–Crippen LogP) is 2.40. The van der Waals surface area contributed by atoms with Gasteiger partial charge in [0.1, 0.15) is 5.75 Å². The number of hydrogen-bond acceptors (Lipinski definition) is 7. The molecule has 122 valence electrons. The van der Waals surface area contributed by atoms with Crippen LogP contribution in [-0.4, -0.2) is 45.5 Å². The Balaban J connectivity index is 1.88. The molecule has 0 aliphatic carbocycles. The first kappa shape index (κ1) is 16.4. The fraction of sp³-hybridized carbons (Fsp3) is 0.400. The summed E-state index contributed by atoms with van der Waals surface area (Å²) >= 11 is 3.41. The number of benzene rings is 1. The van der Waals surface area contributed by atoms with Crippen molar-refractivity contribution in [1.82, 2.24) is 14.9 Å². The van der Waals surface area contributed by atoms with Crippen molar-refractivity contribution in [1.29, 1.82) is 0 Å². The Bertz CT molecular complexity index is 698. The third-order valence-corrected chi connectivity index (χ3v) is 5.16. The van der Waals surface area contributed by atoms with Crippen molar-refractivity contribution in [2.75, 3.05) is 24.9 Å². The van der Waals surface area contributed by atoms with Crippen LogP contribution in [0.1, 0.15) is 23.9 Å². The Kier molecular flexibility index (Phi) is 5.24. The maximum Gasteiger partial charge on any atom is 0.212 e. The number of methoxy groups -OCH3 is 1. The smallest absolute Gasteiger partial charge is 0.212 e. The van der Waals surface area contributed by atoms with Gasteiger partial charge in [0.25, 0.3) is 0 Å². The standard InChI is InChI=1S/C15H19N5OS2/c1-21-11-5-3-10(4-6-11)13-9-23-15-18-17-14(20(15)19-13)12(16)7-8-22-2/h3-6,12H,7-9,16H2,1-2H3. The maximum atomic E-state index is 6.24. The molecule has 2 aromatic rings. The van der Waals surface area contributed by atoms with Crippen molar-refractivity contribution in [3.8, 4) is 5.75 Å². The lowest BCUT2D eigenvalue weighted by molar-refractivity contribution is 0.415. The van der Waals surface area contributed by atoms with E-state index < -0.39 is 0 Å². The van der Waals surface area contributed by atoms with Crippen molar-refractivity contribution in [2.24, 2.45) is 10.8 Å². The molecule has 1 unspecified atom stereocenters. The van der Waals surface area contributed by atoms with E-state index in [4.69, 9.17) is 15.6 Å². The van der Waals surface area contributed by atoms with Gasteiger partial charge in [-0.2, -0.15) is 21.5 Å². The van der Waals surface area contributed by atoms with E-state index in [-0.39, 0.29) is 6.04 Å². The van der Waals surface area contributed by atoms with E-state index in [0.29, 0.717) is 0 Å². The minimum Gasteiger partial charge on any atom is -0.497 e. The van der Waals surface area contributed by atoms with Crippen molar-refractivity contribution in [3.05, 3.63) is 35.7 Å². The molecule has 0 spiro atoms. The largest absolute Gasteiger partial charge is 0.497 e. The quantitative estimate of drug-likeness (QED) is 0.863. The van der Waals surface area contributed by atoms with Crippen LogP contribution in [0.2, 0.25) is 0 Å². The molecule has 0 saturated carbocycles. The van der Waals surface area contributed by atoms with Crippen LogP contribution < -0.4 is 10.5 Å². The van der Waals surface area contributed by atoms with Crippen molar-refractivity contribution < 1.29 is 4.74 Å². The van der Waals surface area contributed by atoms with Gasteiger partial charge in [0, 0.05) is 5.75 Å². The van der Waals surface area contributed by atoms with E-state index in [1.807, 2.05) is 24.3 Å². The van der Waals surface area contributed by atoms with Gasteiger partial charge in [-0.1, -0.05) is 11.8 Å². The third-order valence-electron chi connectivity index (χ3n) is 3.58. The average Bonchev–Trinajstić information content (AvgIpc) is 3.03. The molecule has 0 bridgehead atoms. The molecule has 1 aliphatic heterocycles. The zero-order valence-corrected chi connectivity index (χ0v) is 14.7. The first-order valence-electron chi connectivity index (χ1n) is 7.28. The zero-order valence-electron chi connectivity index (χ0n) is 13.1. The number of fused-ring (bicyclic) bond motifs is 1. The van der Waals surface area contributed by atoms with E-state index in [1.54, 1.807) is 35.3 Å². The highest BCUT2D eigenvalue weighted by Gasteiger charge is 2.23. The third kappa shape index (κ3) is 3.54. The summed E-state index contributed by atoms with van der Waals surface area (Å²) in [6, 6.07) is 7.76. The highest BCUT2D eigenvalue weighted by Crippen LogP contribution is 2.27. The van der Waals surface area contributed by atoms with Crippen LogP contribution in [0.15, 0.2) is 34.5 Å². The van der Waals surface area contributed by atoms with Crippen LogP contribution in [-0.2, 0) is 0 Å². The Morgan fingerprint density at radius 2 is 2.13 bits per heavy atom. The Morgan fingerprint density at radius 3 is 2.83 bits per heavy atom. The molecule has 0 amide bonds. The number of nitrogens with two attached hydrogens (primary N) is 1. The molecule has 8 heteroatoms. The predicted molar refractivity (Wildman–Crippen MR) is 95.6 cm³/mol. The molecule has 0 radical (unpaired) electrons. The van der Waals surface area contributed by atoms with Gasteiger partial charge in [-0.3, -0.25) is 0 Å². The highest BCUT2D eigenvalue weighted by molar-refractivity contribution is 7.99. The van der Waals surface area contributed by atoms with Gasteiger partial charge in [0.15, 0.2) is 5.82 Å². The number of thioether (sulfide) groups is 2. The minimum absolute atomic E-state index is 0.150. The number of aromatic nitrogens is 3. The minimum atomic E-state index is -0.150. The van der Waals surface area contributed by atoms with Crippen molar-refractivity contribution in [2.45, 2.75) is 17.6 Å². The van der Waals surface area contributed by atoms with Crippen LogP contribution >= 0.6 is 23.5 Å². The van der Waals surface area contributed by atoms with Crippen LogP contribution in [0, 0.1) is 0 Å². The summed E-state index contributed by atoms with van der Waals surface area (Å²) in [5.74, 6) is 3.32. The zero-order chi connectivity index (χ0) is 16.2. The van der Waals surface area contributed by atoms with Crippen molar-refractivity contribution in [3.63, 3.8) is 0 Å².